The second-order valence-electron chi connectivity index (χ2n) is 5.27. The van der Waals surface area contributed by atoms with Gasteiger partial charge in [0.25, 0.3) is 0 Å². The molecule has 0 aliphatic heterocycles. The number of aliphatic hydroxyl groups is 1. The molecule has 3 N–H and O–H groups in total. The quantitative estimate of drug-likeness (QED) is 0.743. The summed E-state index contributed by atoms with van der Waals surface area (Å²) in [4.78, 5) is 12.8. The average Bonchev–Trinajstić information content (AvgIpc) is 2.35. The summed E-state index contributed by atoms with van der Waals surface area (Å²) in [5, 5.41) is 9.99. The molecule has 0 saturated carbocycles. The van der Waals surface area contributed by atoms with Crippen LogP contribution in [0.4, 0.5) is 0 Å². The van der Waals surface area contributed by atoms with Crippen LogP contribution in [-0.4, -0.2) is 47.8 Å². The monoisotopic (exact) mass is 280 g/mol. The van der Waals surface area contributed by atoms with Crippen molar-refractivity contribution >= 4 is 5.91 Å². The van der Waals surface area contributed by atoms with Crippen LogP contribution in [0.1, 0.15) is 19.4 Å². The summed E-state index contributed by atoms with van der Waals surface area (Å²) >= 11 is 0. The number of carbonyl (C=O) groups excluding carboxylic acids is 1. The molecule has 112 valence electrons. The van der Waals surface area contributed by atoms with E-state index in [1.165, 1.54) is 0 Å². The van der Waals surface area contributed by atoms with Crippen LogP contribution in [0.5, 0.6) is 5.75 Å². The van der Waals surface area contributed by atoms with E-state index in [-0.39, 0.29) is 19.2 Å². The molecule has 1 rings (SSSR count). The summed E-state index contributed by atoms with van der Waals surface area (Å²) in [5.74, 6) is 0.334. The number of amides is 1. The van der Waals surface area contributed by atoms with Gasteiger partial charge in [-0.15, -0.1) is 0 Å². The lowest BCUT2D eigenvalue weighted by molar-refractivity contribution is -0.120. The zero-order valence-electron chi connectivity index (χ0n) is 12.4. The van der Waals surface area contributed by atoms with Crippen molar-refractivity contribution in [3.8, 4) is 5.75 Å². The van der Waals surface area contributed by atoms with Gasteiger partial charge in [-0.2, -0.15) is 0 Å². The molecule has 20 heavy (non-hydrogen) atoms. The number of nitrogens with two attached hydrogens (primary N) is 1. The van der Waals surface area contributed by atoms with E-state index >= 15 is 0 Å². The summed E-state index contributed by atoms with van der Waals surface area (Å²) in [6, 6.07) is 7.79. The second-order valence-corrected chi connectivity index (χ2v) is 5.27. The number of rotatable bonds is 8. The van der Waals surface area contributed by atoms with Crippen LogP contribution in [0, 0.1) is 6.92 Å². The number of benzene rings is 1. The van der Waals surface area contributed by atoms with Gasteiger partial charge in [0.2, 0.25) is 5.91 Å². The topological polar surface area (TPSA) is 75.8 Å². The van der Waals surface area contributed by atoms with Crippen LogP contribution in [0.2, 0.25) is 0 Å². The number of ether oxygens (including phenoxy) is 1. The van der Waals surface area contributed by atoms with Crippen molar-refractivity contribution in [3.05, 3.63) is 29.8 Å². The fraction of sp³-hybridized carbons (Fsp3) is 0.533. The predicted octanol–water partition coefficient (Wildman–Crippen LogP) is 0.930. The lowest BCUT2D eigenvalue weighted by Crippen LogP contribution is -2.44. The molecule has 1 aromatic rings. The summed E-state index contributed by atoms with van der Waals surface area (Å²) in [5.41, 5.74) is 6.30. The first kappa shape index (κ1) is 16.5. The SMILES string of the molecule is Cc1cccc(OCC(O)CN(CC(N)=O)C(C)C)c1. The third-order valence-electron chi connectivity index (χ3n) is 2.97. The third-order valence-corrected chi connectivity index (χ3v) is 2.97. The molecule has 0 spiro atoms. The van der Waals surface area contributed by atoms with E-state index in [1.807, 2.05) is 49.9 Å². The first-order valence-electron chi connectivity index (χ1n) is 6.78. The van der Waals surface area contributed by atoms with Crippen molar-refractivity contribution in [3.63, 3.8) is 0 Å². The van der Waals surface area contributed by atoms with Crippen molar-refractivity contribution in [1.29, 1.82) is 0 Å². The molecule has 0 aromatic heterocycles. The Morgan fingerprint density at radius 2 is 2.15 bits per heavy atom. The Bertz CT molecular complexity index is 435. The maximum absolute atomic E-state index is 11.0. The summed E-state index contributed by atoms with van der Waals surface area (Å²) < 4.78 is 5.54. The molecule has 1 unspecified atom stereocenters. The largest absolute Gasteiger partial charge is 0.491 e. The van der Waals surface area contributed by atoms with Crippen LogP contribution >= 0.6 is 0 Å². The van der Waals surface area contributed by atoms with Crippen LogP contribution in [0.25, 0.3) is 0 Å². The summed E-state index contributed by atoms with van der Waals surface area (Å²) in [6.45, 7) is 6.57. The van der Waals surface area contributed by atoms with E-state index in [2.05, 4.69) is 0 Å². The number of hydrogen-bond acceptors (Lipinski definition) is 4. The van der Waals surface area contributed by atoms with E-state index in [0.717, 1.165) is 11.3 Å². The average molecular weight is 280 g/mol. The molecular formula is C15H24N2O3. The van der Waals surface area contributed by atoms with Crippen molar-refractivity contribution in [2.75, 3.05) is 19.7 Å². The highest BCUT2D eigenvalue weighted by Crippen LogP contribution is 2.12. The van der Waals surface area contributed by atoms with Crippen LogP contribution in [-0.2, 0) is 4.79 Å². The number of aliphatic hydroxyl groups excluding tert-OH is 1. The Labute approximate surface area is 120 Å². The number of aryl methyl sites for hydroxylation is 1. The fourth-order valence-corrected chi connectivity index (χ4v) is 1.88. The molecule has 0 heterocycles. The Kier molecular flexibility index (Phi) is 6.48. The summed E-state index contributed by atoms with van der Waals surface area (Å²) in [7, 11) is 0. The predicted molar refractivity (Wildman–Crippen MR) is 78.6 cm³/mol. The van der Waals surface area contributed by atoms with E-state index in [9.17, 15) is 9.90 Å². The van der Waals surface area contributed by atoms with E-state index in [0.29, 0.717) is 6.54 Å². The molecule has 5 nitrogen and oxygen atoms in total. The van der Waals surface area contributed by atoms with Crippen molar-refractivity contribution < 1.29 is 14.6 Å². The Morgan fingerprint density at radius 3 is 2.70 bits per heavy atom. The van der Waals surface area contributed by atoms with E-state index < -0.39 is 12.0 Å². The maximum atomic E-state index is 11.0. The van der Waals surface area contributed by atoms with Gasteiger partial charge in [-0.25, -0.2) is 0 Å². The number of hydrogen-bond donors (Lipinski definition) is 2. The van der Waals surface area contributed by atoms with Gasteiger partial charge in [-0.3, -0.25) is 9.69 Å². The number of nitrogens with zero attached hydrogens (tertiary/aromatic N) is 1. The molecular weight excluding hydrogens is 256 g/mol. The molecule has 0 aliphatic rings. The minimum absolute atomic E-state index is 0.135. The Balaban J connectivity index is 2.45. The molecule has 0 radical (unpaired) electrons. The molecule has 0 aliphatic carbocycles. The fourth-order valence-electron chi connectivity index (χ4n) is 1.88. The van der Waals surface area contributed by atoms with Gasteiger partial charge in [-0.05, 0) is 38.5 Å². The van der Waals surface area contributed by atoms with E-state index in [4.69, 9.17) is 10.5 Å². The molecule has 0 saturated heterocycles. The lowest BCUT2D eigenvalue weighted by atomic mass is 10.2. The number of carbonyl (C=O) groups is 1. The summed E-state index contributed by atoms with van der Waals surface area (Å²) in [6.07, 6.45) is -0.669. The zero-order valence-corrected chi connectivity index (χ0v) is 12.4. The van der Waals surface area contributed by atoms with Gasteiger partial charge in [-0.1, -0.05) is 12.1 Å². The third kappa shape index (κ3) is 6.04. The minimum atomic E-state index is -0.669. The molecule has 0 fully saturated rings. The van der Waals surface area contributed by atoms with Crippen LogP contribution < -0.4 is 10.5 Å². The van der Waals surface area contributed by atoms with Gasteiger partial charge in [0, 0.05) is 12.6 Å². The Morgan fingerprint density at radius 1 is 1.45 bits per heavy atom. The molecule has 0 bridgehead atoms. The normalized spacial score (nSPS) is 12.7. The van der Waals surface area contributed by atoms with Crippen LogP contribution in [0.3, 0.4) is 0 Å². The molecule has 1 aromatic carbocycles. The lowest BCUT2D eigenvalue weighted by Gasteiger charge is -2.27. The van der Waals surface area contributed by atoms with Crippen LogP contribution in [0.15, 0.2) is 24.3 Å². The maximum Gasteiger partial charge on any atom is 0.231 e. The van der Waals surface area contributed by atoms with Gasteiger partial charge in [0.15, 0.2) is 0 Å². The second kappa shape index (κ2) is 7.87. The van der Waals surface area contributed by atoms with Gasteiger partial charge < -0.3 is 15.6 Å². The highest BCUT2D eigenvalue weighted by molar-refractivity contribution is 5.75. The Hall–Kier alpha value is -1.59. The smallest absolute Gasteiger partial charge is 0.231 e. The van der Waals surface area contributed by atoms with Gasteiger partial charge in [0.1, 0.15) is 18.5 Å². The molecule has 1 amide bonds. The first-order chi connectivity index (χ1) is 9.38. The van der Waals surface area contributed by atoms with Gasteiger partial charge >= 0.3 is 0 Å². The standard InChI is InChI=1S/C15H24N2O3/c1-11(2)17(9-15(16)19)8-13(18)10-20-14-6-4-5-12(3)7-14/h4-7,11,13,18H,8-10H2,1-3H3,(H2,16,19). The highest BCUT2D eigenvalue weighted by atomic mass is 16.5. The van der Waals surface area contributed by atoms with Crippen molar-refractivity contribution in [2.24, 2.45) is 5.73 Å². The van der Waals surface area contributed by atoms with Gasteiger partial charge in [0.05, 0.1) is 6.54 Å². The van der Waals surface area contributed by atoms with E-state index in [1.54, 1.807) is 0 Å². The van der Waals surface area contributed by atoms with Crippen molar-refractivity contribution in [1.82, 2.24) is 4.90 Å². The highest BCUT2D eigenvalue weighted by Gasteiger charge is 2.17. The number of primary amides is 1. The van der Waals surface area contributed by atoms with Crippen molar-refractivity contribution in [2.45, 2.75) is 32.9 Å². The minimum Gasteiger partial charge on any atom is -0.491 e. The zero-order chi connectivity index (χ0) is 15.1. The first-order valence-corrected chi connectivity index (χ1v) is 6.78. The molecule has 5 heteroatoms. The molecule has 1 atom stereocenters.